The molecule has 1 saturated heterocycles. The summed E-state index contributed by atoms with van der Waals surface area (Å²) in [6, 6.07) is 4.26. The number of hydrogen-bond donors (Lipinski definition) is 2. The minimum Gasteiger partial charge on any atom is -0.356 e. The number of piperidine rings is 1. The van der Waals surface area contributed by atoms with Crippen molar-refractivity contribution < 1.29 is 4.79 Å². The molecule has 0 radical (unpaired) electrons. The van der Waals surface area contributed by atoms with Gasteiger partial charge >= 0.3 is 0 Å². The second kappa shape index (κ2) is 11.7. The Hall–Kier alpha value is -0.830. The Balaban J connectivity index is 0.00000288. The Morgan fingerprint density at radius 3 is 2.71 bits per heavy atom. The fourth-order valence-corrected chi connectivity index (χ4v) is 3.62. The van der Waals surface area contributed by atoms with E-state index >= 15 is 0 Å². The number of nitrogens with zero attached hydrogens (tertiary/aromatic N) is 2. The van der Waals surface area contributed by atoms with E-state index in [1.54, 1.807) is 18.4 Å². The van der Waals surface area contributed by atoms with Crippen molar-refractivity contribution in [2.75, 3.05) is 33.2 Å². The average molecular weight is 464 g/mol. The molecule has 1 amide bonds. The van der Waals surface area contributed by atoms with Crippen molar-refractivity contribution in [1.29, 1.82) is 0 Å². The highest BCUT2D eigenvalue weighted by molar-refractivity contribution is 14.0. The van der Waals surface area contributed by atoms with Crippen LogP contribution >= 0.6 is 35.3 Å². The maximum Gasteiger partial charge on any atom is 0.241 e. The van der Waals surface area contributed by atoms with Crippen LogP contribution in [0.5, 0.6) is 0 Å². The third kappa shape index (κ3) is 7.38. The fraction of sp³-hybridized carbons (Fsp3) is 0.647. The molecule has 2 rings (SSSR count). The Morgan fingerprint density at radius 2 is 2.08 bits per heavy atom. The van der Waals surface area contributed by atoms with E-state index < -0.39 is 0 Å². The maximum atomic E-state index is 12.2. The van der Waals surface area contributed by atoms with Crippen molar-refractivity contribution in [2.24, 2.45) is 10.9 Å². The zero-order valence-electron chi connectivity index (χ0n) is 14.6. The zero-order chi connectivity index (χ0) is 16.5. The minimum absolute atomic E-state index is 0. The Labute approximate surface area is 166 Å². The first-order valence-corrected chi connectivity index (χ1v) is 9.31. The summed E-state index contributed by atoms with van der Waals surface area (Å²) in [7, 11) is 1.74. The summed E-state index contributed by atoms with van der Waals surface area (Å²) in [4.78, 5) is 19.7. The molecule has 2 N–H and O–H groups in total. The van der Waals surface area contributed by atoms with Gasteiger partial charge in [0.2, 0.25) is 5.91 Å². The first kappa shape index (κ1) is 21.2. The predicted molar refractivity (Wildman–Crippen MR) is 112 cm³/mol. The number of rotatable bonds is 6. The van der Waals surface area contributed by atoms with E-state index in [9.17, 15) is 4.79 Å². The molecule has 0 aliphatic carbocycles. The van der Waals surface area contributed by atoms with E-state index in [1.165, 1.54) is 11.3 Å². The summed E-state index contributed by atoms with van der Waals surface area (Å²) in [6.07, 6.45) is 4.55. The SMILES string of the molecule is CN=C(NCC(=O)N1CCCCC1)NCC(C)Cc1cccs1.I. The van der Waals surface area contributed by atoms with Crippen LogP contribution in [0.3, 0.4) is 0 Å². The van der Waals surface area contributed by atoms with Crippen molar-refractivity contribution in [1.82, 2.24) is 15.5 Å². The lowest BCUT2D eigenvalue weighted by atomic mass is 10.1. The van der Waals surface area contributed by atoms with Crippen LogP contribution in [-0.4, -0.2) is 50.0 Å². The summed E-state index contributed by atoms with van der Waals surface area (Å²) in [5.74, 6) is 1.39. The van der Waals surface area contributed by atoms with Crippen LogP contribution in [0.15, 0.2) is 22.5 Å². The highest BCUT2D eigenvalue weighted by atomic mass is 127. The average Bonchev–Trinajstić information content (AvgIpc) is 3.08. The minimum atomic E-state index is 0. The lowest BCUT2D eigenvalue weighted by Gasteiger charge is -2.27. The molecule has 0 saturated carbocycles. The number of nitrogens with one attached hydrogen (secondary N) is 2. The summed E-state index contributed by atoms with van der Waals surface area (Å²) in [5, 5.41) is 8.56. The number of thiophene rings is 1. The molecule has 1 fully saturated rings. The van der Waals surface area contributed by atoms with E-state index in [-0.39, 0.29) is 29.9 Å². The number of aliphatic imine (C=N–C) groups is 1. The van der Waals surface area contributed by atoms with E-state index in [1.807, 2.05) is 4.90 Å². The molecule has 7 heteroatoms. The maximum absolute atomic E-state index is 12.2. The normalized spacial score (nSPS) is 16.2. The van der Waals surface area contributed by atoms with Gasteiger partial charge in [0.1, 0.15) is 0 Å². The quantitative estimate of drug-likeness (QED) is 0.387. The van der Waals surface area contributed by atoms with Crippen LogP contribution in [0.1, 0.15) is 31.1 Å². The fourth-order valence-electron chi connectivity index (χ4n) is 2.75. The molecule has 1 aliphatic rings. The number of amides is 1. The lowest BCUT2D eigenvalue weighted by molar-refractivity contribution is -0.130. The van der Waals surface area contributed by atoms with Crippen molar-refractivity contribution in [3.63, 3.8) is 0 Å². The van der Waals surface area contributed by atoms with Gasteiger partial charge in [-0.15, -0.1) is 35.3 Å². The Kier molecular flexibility index (Phi) is 10.3. The van der Waals surface area contributed by atoms with Crippen molar-refractivity contribution in [3.8, 4) is 0 Å². The van der Waals surface area contributed by atoms with Crippen LogP contribution < -0.4 is 10.6 Å². The molecule has 0 spiro atoms. The molecular formula is C17H29IN4OS. The highest BCUT2D eigenvalue weighted by Gasteiger charge is 2.16. The van der Waals surface area contributed by atoms with Gasteiger partial charge in [0, 0.05) is 31.6 Å². The van der Waals surface area contributed by atoms with Gasteiger partial charge in [-0.3, -0.25) is 9.79 Å². The van der Waals surface area contributed by atoms with Crippen LogP contribution in [0, 0.1) is 5.92 Å². The molecule has 1 aromatic rings. The molecule has 2 heterocycles. The molecular weight excluding hydrogens is 435 g/mol. The molecule has 5 nitrogen and oxygen atoms in total. The monoisotopic (exact) mass is 464 g/mol. The van der Waals surface area contributed by atoms with E-state index in [4.69, 9.17) is 0 Å². The van der Waals surface area contributed by atoms with Crippen LogP contribution in [-0.2, 0) is 11.2 Å². The van der Waals surface area contributed by atoms with Gasteiger partial charge < -0.3 is 15.5 Å². The molecule has 1 aliphatic heterocycles. The van der Waals surface area contributed by atoms with Gasteiger partial charge in [-0.2, -0.15) is 0 Å². The number of hydrogen-bond acceptors (Lipinski definition) is 3. The standard InChI is InChI=1S/C17H28N4OS.HI/c1-14(11-15-7-6-10-23-15)12-19-17(18-2)20-13-16(22)21-8-4-3-5-9-21;/h6-7,10,14H,3-5,8-9,11-13H2,1-2H3,(H2,18,19,20);1H. The predicted octanol–water partition coefficient (Wildman–Crippen LogP) is 2.72. The van der Waals surface area contributed by atoms with Gasteiger partial charge in [0.05, 0.1) is 6.54 Å². The first-order chi connectivity index (χ1) is 11.2. The van der Waals surface area contributed by atoms with Crippen LogP contribution in [0.4, 0.5) is 0 Å². The molecule has 24 heavy (non-hydrogen) atoms. The summed E-state index contributed by atoms with van der Waals surface area (Å²) < 4.78 is 0. The number of likely N-dealkylation sites (tertiary alicyclic amines) is 1. The summed E-state index contributed by atoms with van der Waals surface area (Å²) >= 11 is 1.80. The van der Waals surface area contributed by atoms with Gasteiger partial charge in [0.15, 0.2) is 5.96 Å². The first-order valence-electron chi connectivity index (χ1n) is 8.43. The zero-order valence-corrected chi connectivity index (χ0v) is 17.7. The van der Waals surface area contributed by atoms with E-state index in [0.29, 0.717) is 18.4 Å². The lowest BCUT2D eigenvalue weighted by Crippen LogP contribution is -2.46. The smallest absolute Gasteiger partial charge is 0.241 e. The Bertz CT molecular complexity index is 501. The van der Waals surface area contributed by atoms with Crippen LogP contribution in [0.2, 0.25) is 0 Å². The number of carbonyl (C=O) groups is 1. The van der Waals surface area contributed by atoms with Crippen molar-refractivity contribution in [2.45, 2.75) is 32.6 Å². The molecule has 0 aromatic carbocycles. The van der Waals surface area contributed by atoms with E-state index in [0.717, 1.165) is 38.9 Å². The van der Waals surface area contributed by atoms with Gasteiger partial charge in [0.25, 0.3) is 0 Å². The second-order valence-corrected chi connectivity index (χ2v) is 7.17. The topological polar surface area (TPSA) is 56.7 Å². The number of carbonyl (C=O) groups excluding carboxylic acids is 1. The molecule has 0 bridgehead atoms. The number of halogens is 1. The number of guanidine groups is 1. The molecule has 1 atom stereocenters. The Morgan fingerprint density at radius 1 is 1.33 bits per heavy atom. The molecule has 136 valence electrons. The summed E-state index contributed by atoms with van der Waals surface area (Å²) in [6.45, 7) is 5.17. The van der Waals surface area contributed by atoms with Gasteiger partial charge in [-0.1, -0.05) is 13.0 Å². The summed E-state index contributed by atoms with van der Waals surface area (Å²) in [5.41, 5.74) is 0. The van der Waals surface area contributed by atoms with Gasteiger partial charge in [-0.25, -0.2) is 0 Å². The largest absolute Gasteiger partial charge is 0.356 e. The van der Waals surface area contributed by atoms with Crippen molar-refractivity contribution in [3.05, 3.63) is 22.4 Å². The highest BCUT2D eigenvalue weighted by Crippen LogP contribution is 2.13. The van der Waals surface area contributed by atoms with Gasteiger partial charge in [-0.05, 0) is 43.0 Å². The molecule has 1 aromatic heterocycles. The second-order valence-electron chi connectivity index (χ2n) is 6.14. The third-order valence-corrected chi connectivity index (χ3v) is 4.99. The van der Waals surface area contributed by atoms with E-state index in [2.05, 4.69) is 40.1 Å². The third-order valence-electron chi connectivity index (χ3n) is 4.09. The molecule has 1 unspecified atom stereocenters. The van der Waals surface area contributed by atoms with Crippen LogP contribution in [0.25, 0.3) is 0 Å². The van der Waals surface area contributed by atoms with Crippen molar-refractivity contribution >= 4 is 47.2 Å².